The van der Waals surface area contributed by atoms with E-state index in [0.29, 0.717) is 29.5 Å². The number of nitrogens with zero attached hydrogens (tertiary/aromatic N) is 6. The second-order valence-electron chi connectivity index (χ2n) is 5.35. The SMILES string of the molecule is CCOC(=O)c1ccnn2c(N)cnc12.Nc1cnc2c(C(=O)O)ccnn12.[Li+].[OH-]. The van der Waals surface area contributed by atoms with Crippen molar-refractivity contribution in [1.29, 1.82) is 0 Å². The van der Waals surface area contributed by atoms with Crippen LogP contribution in [-0.2, 0) is 4.74 Å². The number of nitrogens with two attached hydrogens (primary N) is 2. The molecule has 0 spiro atoms. The first-order valence-electron chi connectivity index (χ1n) is 8.00. The molecule has 4 rings (SSSR count). The molecule has 0 fully saturated rings. The first-order chi connectivity index (χ1) is 13.4. The Balaban J connectivity index is 0.000000284. The largest absolute Gasteiger partial charge is 1.00 e. The Hall–Kier alpha value is -3.66. The van der Waals surface area contributed by atoms with Crippen LogP contribution in [0.15, 0.2) is 36.9 Å². The minimum atomic E-state index is -1.04. The smallest absolute Gasteiger partial charge is 0.870 e. The summed E-state index contributed by atoms with van der Waals surface area (Å²) in [6.07, 6.45) is 5.67. The zero-order valence-electron chi connectivity index (χ0n) is 16.1. The van der Waals surface area contributed by atoms with Gasteiger partial charge in [0.05, 0.1) is 19.0 Å². The van der Waals surface area contributed by atoms with E-state index < -0.39 is 11.9 Å². The standard InChI is InChI=1S/C9H10N4O2.C7H6N4O2.Li.H2O/c1-2-15-9(14)6-3-4-12-13-7(10)5-11-8(6)13;8-5-3-9-6-4(7(12)13)1-2-10-11(5)6;;/h3-5H,2,10H2,1H3;1-3H,8H2,(H,12,13);;1H2/q;;+1;/p-1. The van der Waals surface area contributed by atoms with E-state index >= 15 is 0 Å². The van der Waals surface area contributed by atoms with Crippen LogP contribution in [0, 0.1) is 0 Å². The normalized spacial score (nSPS) is 9.77. The average molecular weight is 408 g/mol. The van der Waals surface area contributed by atoms with Gasteiger partial charge in [0, 0.05) is 12.4 Å². The Morgan fingerprint density at radius 3 is 1.93 bits per heavy atom. The van der Waals surface area contributed by atoms with Gasteiger partial charge in [-0.25, -0.2) is 19.6 Å². The minimum absolute atomic E-state index is 0. The monoisotopic (exact) mass is 408 g/mol. The molecule has 0 atom stereocenters. The number of esters is 1. The van der Waals surface area contributed by atoms with Crippen molar-refractivity contribution in [3.8, 4) is 0 Å². The van der Waals surface area contributed by atoms with Crippen molar-refractivity contribution in [3.63, 3.8) is 0 Å². The van der Waals surface area contributed by atoms with Crippen molar-refractivity contribution in [2.75, 3.05) is 18.1 Å². The number of carbonyl (C=O) groups excluding carboxylic acids is 1. The van der Waals surface area contributed by atoms with Crippen molar-refractivity contribution >= 4 is 34.9 Å². The number of aromatic carboxylic acids is 1. The fraction of sp³-hybridized carbons (Fsp3) is 0.125. The molecule has 4 aromatic rings. The summed E-state index contributed by atoms with van der Waals surface area (Å²) in [5.41, 5.74) is 12.2. The fourth-order valence-electron chi connectivity index (χ4n) is 2.36. The van der Waals surface area contributed by atoms with Gasteiger partial charge in [-0.15, -0.1) is 0 Å². The van der Waals surface area contributed by atoms with Gasteiger partial charge in [0.2, 0.25) is 0 Å². The van der Waals surface area contributed by atoms with E-state index in [1.165, 1.54) is 39.9 Å². The van der Waals surface area contributed by atoms with Crippen molar-refractivity contribution < 1.29 is 43.8 Å². The summed E-state index contributed by atoms with van der Waals surface area (Å²) in [7, 11) is 0. The maximum atomic E-state index is 11.5. The second-order valence-corrected chi connectivity index (χ2v) is 5.35. The number of hydrogen-bond donors (Lipinski definition) is 3. The molecular formula is C16H17LiN8O5. The number of anilines is 2. The van der Waals surface area contributed by atoms with Gasteiger partial charge in [-0.2, -0.15) is 19.2 Å². The number of nitrogen functional groups attached to an aromatic ring is 2. The molecular weight excluding hydrogens is 391 g/mol. The van der Waals surface area contributed by atoms with Crippen molar-refractivity contribution in [2.24, 2.45) is 0 Å². The fourth-order valence-corrected chi connectivity index (χ4v) is 2.36. The van der Waals surface area contributed by atoms with Crippen LogP contribution in [0.5, 0.6) is 0 Å². The number of fused-ring (bicyclic) bond motifs is 2. The van der Waals surface area contributed by atoms with Crippen LogP contribution in [0.1, 0.15) is 27.6 Å². The first-order valence-corrected chi connectivity index (χ1v) is 8.00. The molecule has 0 aliphatic rings. The molecule has 4 heterocycles. The molecule has 0 saturated heterocycles. The van der Waals surface area contributed by atoms with Gasteiger partial charge in [0.25, 0.3) is 0 Å². The molecule has 0 bridgehead atoms. The Morgan fingerprint density at radius 2 is 1.47 bits per heavy atom. The number of hydrogen-bond acceptors (Lipinski definition) is 10. The summed E-state index contributed by atoms with van der Waals surface area (Å²) in [6, 6.07) is 2.93. The van der Waals surface area contributed by atoms with Gasteiger partial charge in [-0.3, -0.25) is 0 Å². The Bertz CT molecular complexity index is 1180. The molecule has 14 heteroatoms. The number of aromatic nitrogens is 6. The number of carboxylic acid groups (broad SMARTS) is 1. The molecule has 0 saturated carbocycles. The maximum Gasteiger partial charge on any atom is 1.00 e. The van der Waals surface area contributed by atoms with Crippen LogP contribution >= 0.6 is 0 Å². The summed E-state index contributed by atoms with van der Waals surface area (Å²) in [6.45, 7) is 2.07. The topological polar surface area (TPSA) is 206 Å². The molecule has 13 nitrogen and oxygen atoms in total. The van der Waals surface area contributed by atoms with E-state index in [2.05, 4.69) is 20.2 Å². The van der Waals surface area contributed by atoms with E-state index in [1.807, 2.05) is 0 Å². The third-order valence-electron chi connectivity index (χ3n) is 3.58. The number of carboxylic acids is 1. The first kappa shape index (κ1) is 24.4. The van der Waals surface area contributed by atoms with Gasteiger partial charge in [-0.05, 0) is 19.1 Å². The van der Waals surface area contributed by atoms with Crippen molar-refractivity contribution in [2.45, 2.75) is 6.92 Å². The maximum absolute atomic E-state index is 11.5. The zero-order chi connectivity index (χ0) is 20.3. The Kier molecular flexibility index (Phi) is 8.30. The number of ether oxygens (including phenoxy) is 1. The predicted molar refractivity (Wildman–Crippen MR) is 99.7 cm³/mol. The van der Waals surface area contributed by atoms with Gasteiger partial charge in [0.1, 0.15) is 22.8 Å². The molecule has 0 aliphatic heterocycles. The summed E-state index contributed by atoms with van der Waals surface area (Å²) in [5.74, 6) is -0.761. The number of carbonyl (C=O) groups is 2. The third-order valence-corrected chi connectivity index (χ3v) is 3.58. The average Bonchev–Trinajstić information content (AvgIpc) is 3.25. The van der Waals surface area contributed by atoms with E-state index in [-0.39, 0.29) is 35.5 Å². The second kappa shape index (κ2) is 10.2. The van der Waals surface area contributed by atoms with Crippen LogP contribution in [0.4, 0.5) is 11.6 Å². The van der Waals surface area contributed by atoms with E-state index in [4.69, 9.17) is 21.3 Å². The van der Waals surface area contributed by atoms with Crippen molar-refractivity contribution in [1.82, 2.24) is 29.2 Å². The minimum Gasteiger partial charge on any atom is -0.870 e. The number of imidazole rings is 2. The molecule has 0 aliphatic carbocycles. The van der Waals surface area contributed by atoms with Crippen LogP contribution in [0.3, 0.4) is 0 Å². The Labute approximate surface area is 181 Å². The summed E-state index contributed by atoms with van der Waals surface area (Å²) >= 11 is 0. The third kappa shape index (κ3) is 4.66. The molecule has 4 aromatic heterocycles. The van der Waals surface area contributed by atoms with Crippen LogP contribution in [0.25, 0.3) is 11.3 Å². The molecule has 152 valence electrons. The molecule has 0 aromatic carbocycles. The van der Waals surface area contributed by atoms with Gasteiger partial charge < -0.3 is 26.8 Å². The van der Waals surface area contributed by atoms with E-state index in [0.717, 1.165) is 0 Å². The van der Waals surface area contributed by atoms with E-state index in [1.54, 1.807) is 13.0 Å². The van der Waals surface area contributed by atoms with Crippen molar-refractivity contribution in [3.05, 3.63) is 48.0 Å². The molecule has 30 heavy (non-hydrogen) atoms. The quantitative estimate of drug-likeness (QED) is 0.235. The molecule has 0 unspecified atom stereocenters. The summed E-state index contributed by atoms with van der Waals surface area (Å²) in [4.78, 5) is 30.1. The summed E-state index contributed by atoms with van der Waals surface area (Å²) in [5, 5.41) is 16.6. The van der Waals surface area contributed by atoms with Crippen LogP contribution < -0.4 is 30.3 Å². The predicted octanol–water partition coefficient (Wildman–Crippen LogP) is -2.67. The molecule has 6 N–H and O–H groups in total. The molecule has 0 amide bonds. The summed E-state index contributed by atoms with van der Waals surface area (Å²) < 4.78 is 7.56. The zero-order valence-corrected chi connectivity index (χ0v) is 16.1. The van der Waals surface area contributed by atoms with E-state index in [9.17, 15) is 9.59 Å². The van der Waals surface area contributed by atoms with Crippen LogP contribution in [-0.4, -0.2) is 58.3 Å². The van der Waals surface area contributed by atoms with Crippen LogP contribution in [0.2, 0.25) is 0 Å². The molecule has 0 radical (unpaired) electrons. The van der Waals surface area contributed by atoms with Gasteiger partial charge in [-0.1, -0.05) is 0 Å². The number of rotatable bonds is 3. The van der Waals surface area contributed by atoms with Gasteiger partial charge in [0.15, 0.2) is 11.3 Å². The van der Waals surface area contributed by atoms with Gasteiger partial charge >= 0.3 is 30.8 Å². The Morgan fingerprint density at radius 1 is 1.00 bits per heavy atom.